The maximum absolute atomic E-state index is 12.6. The maximum atomic E-state index is 12.6. The lowest BCUT2D eigenvalue weighted by molar-refractivity contribution is 0.0991. The van der Waals surface area contributed by atoms with Crippen LogP contribution in [0.5, 0.6) is 5.75 Å². The normalized spacial score (nSPS) is 15.6. The van der Waals surface area contributed by atoms with Gasteiger partial charge in [0.05, 0.1) is 11.1 Å². The number of rotatable bonds is 6. The van der Waals surface area contributed by atoms with E-state index in [1.807, 2.05) is 13.8 Å². The first-order chi connectivity index (χ1) is 13.3. The summed E-state index contributed by atoms with van der Waals surface area (Å²) >= 11 is 6.17. The highest BCUT2D eigenvalue weighted by Crippen LogP contribution is 2.29. The molecule has 9 heteroatoms. The number of amides is 1. The predicted octanol–water partition coefficient (Wildman–Crippen LogP) is 4.15. The Kier molecular flexibility index (Phi) is 6.32. The van der Waals surface area contributed by atoms with Gasteiger partial charge in [-0.3, -0.25) is 4.79 Å². The van der Waals surface area contributed by atoms with Gasteiger partial charge in [0.1, 0.15) is 5.75 Å². The van der Waals surface area contributed by atoms with Crippen molar-refractivity contribution in [3.8, 4) is 5.75 Å². The Balaban J connectivity index is 1.71. The van der Waals surface area contributed by atoms with Gasteiger partial charge >= 0.3 is 0 Å². The number of benzene rings is 1. The zero-order valence-corrected chi connectivity index (χ0v) is 17.3. The minimum absolute atomic E-state index is 0.0265. The molecule has 0 spiro atoms. The summed E-state index contributed by atoms with van der Waals surface area (Å²) < 4.78 is 37.5. The number of anilines is 1. The molecule has 1 saturated heterocycles. The molecule has 0 bridgehead atoms. The second-order valence-electron chi connectivity index (χ2n) is 6.85. The third kappa shape index (κ3) is 4.68. The zero-order chi connectivity index (χ0) is 20.3. The number of furan rings is 1. The Labute approximate surface area is 169 Å². The molecule has 152 valence electrons. The summed E-state index contributed by atoms with van der Waals surface area (Å²) in [5.74, 6) is -0.134. The average Bonchev–Trinajstić information content (AvgIpc) is 3.16. The number of nitrogens with one attached hydrogen (secondary N) is 1. The minimum atomic E-state index is -3.72. The highest BCUT2D eigenvalue weighted by Gasteiger charge is 2.29. The van der Waals surface area contributed by atoms with Gasteiger partial charge in [-0.25, -0.2) is 8.42 Å². The van der Waals surface area contributed by atoms with Crippen LogP contribution in [0.25, 0.3) is 0 Å². The molecule has 7 nitrogen and oxygen atoms in total. The molecule has 1 aromatic carbocycles. The molecule has 1 N–H and O–H groups in total. The van der Waals surface area contributed by atoms with E-state index in [1.165, 1.54) is 16.4 Å². The molecule has 0 radical (unpaired) electrons. The van der Waals surface area contributed by atoms with Crippen LogP contribution in [-0.2, 0) is 10.0 Å². The SMILES string of the molecule is CC(C)Oc1ccc(NC(=O)c2ccc(S(=O)(=O)N3CCCCC3)o2)cc1Cl. The van der Waals surface area contributed by atoms with Gasteiger partial charge in [0, 0.05) is 18.8 Å². The molecule has 1 aliphatic rings. The maximum Gasteiger partial charge on any atom is 0.291 e. The fraction of sp³-hybridized carbons (Fsp3) is 0.421. The minimum Gasteiger partial charge on any atom is -0.489 e. The van der Waals surface area contributed by atoms with E-state index in [9.17, 15) is 13.2 Å². The van der Waals surface area contributed by atoms with E-state index in [-0.39, 0.29) is 17.0 Å². The fourth-order valence-corrected chi connectivity index (χ4v) is 4.59. The number of carbonyl (C=O) groups excluding carboxylic acids is 1. The van der Waals surface area contributed by atoms with Crippen LogP contribution >= 0.6 is 11.6 Å². The Hall–Kier alpha value is -2.03. The molecule has 3 rings (SSSR count). The zero-order valence-electron chi connectivity index (χ0n) is 15.8. The van der Waals surface area contributed by atoms with Crippen molar-refractivity contribution < 1.29 is 22.4 Å². The van der Waals surface area contributed by atoms with Gasteiger partial charge < -0.3 is 14.5 Å². The lowest BCUT2D eigenvalue weighted by Crippen LogP contribution is -2.35. The Morgan fingerprint density at radius 1 is 1.18 bits per heavy atom. The van der Waals surface area contributed by atoms with Gasteiger partial charge in [-0.05, 0) is 57.0 Å². The van der Waals surface area contributed by atoms with Crippen LogP contribution in [0.3, 0.4) is 0 Å². The van der Waals surface area contributed by atoms with Crippen molar-refractivity contribution >= 4 is 33.2 Å². The Morgan fingerprint density at radius 3 is 2.54 bits per heavy atom. The van der Waals surface area contributed by atoms with Crippen molar-refractivity contribution in [1.82, 2.24) is 4.31 Å². The number of carbonyl (C=O) groups is 1. The van der Waals surface area contributed by atoms with E-state index in [1.54, 1.807) is 18.2 Å². The van der Waals surface area contributed by atoms with Crippen LogP contribution in [0.2, 0.25) is 5.02 Å². The lowest BCUT2D eigenvalue weighted by Gasteiger charge is -2.24. The first-order valence-corrected chi connectivity index (χ1v) is 11.0. The topological polar surface area (TPSA) is 88.8 Å². The van der Waals surface area contributed by atoms with Gasteiger partial charge in [0.2, 0.25) is 5.09 Å². The molecule has 2 heterocycles. The molecule has 0 unspecified atom stereocenters. The second-order valence-corrected chi connectivity index (χ2v) is 9.13. The third-order valence-corrected chi connectivity index (χ3v) is 6.33. The number of hydrogen-bond donors (Lipinski definition) is 1. The molecule has 1 aliphatic heterocycles. The summed E-state index contributed by atoms with van der Waals surface area (Å²) in [6, 6.07) is 7.53. The van der Waals surface area contributed by atoms with E-state index in [0.717, 1.165) is 19.3 Å². The summed E-state index contributed by atoms with van der Waals surface area (Å²) in [6.07, 6.45) is 2.64. The number of hydrogen-bond acceptors (Lipinski definition) is 5. The molecule has 0 saturated carbocycles. The largest absolute Gasteiger partial charge is 0.489 e. The monoisotopic (exact) mass is 426 g/mol. The quantitative estimate of drug-likeness (QED) is 0.749. The number of nitrogens with zero attached hydrogens (tertiary/aromatic N) is 1. The first kappa shape index (κ1) is 20.7. The fourth-order valence-electron chi connectivity index (χ4n) is 2.93. The van der Waals surface area contributed by atoms with Crippen LogP contribution in [0.15, 0.2) is 39.8 Å². The van der Waals surface area contributed by atoms with Crippen LogP contribution in [0.1, 0.15) is 43.7 Å². The van der Waals surface area contributed by atoms with Crippen molar-refractivity contribution in [3.05, 3.63) is 41.1 Å². The standard InChI is InChI=1S/C19H23ClN2O5S/c1-13(2)26-16-7-6-14(12-15(16)20)21-19(23)17-8-9-18(27-17)28(24,25)22-10-4-3-5-11-22/h6-9,12-13H,3-5,10-11H2,1-2H3,(H,21,23). The number of sulfonamides is 1. The van der Waals surface area contributed by atoms with E-state index in [4.69, 9.17) is 20.8 Å². The molecule has 0 atom stereocenters. The van der Waals surface area contributed by atoms with Crippen LogP contribution in [0.4, 0.5) is 5.69 Å². The Morgan fingerprint density at radius 2 is 1.89 bits per heavy atom. The van der Waals surface area contributed by atoms with Gasteiger partial charge in [-0.2, -0.15) is 4.31 Å². The smallest absolute Gasteiger partial charge is 0.291 e. The molecule has 0 aliphatic carbocycles. The highest BCUT2D eigenvalue weighted by molar-refractivity contribution is 7.89. The van der Waals surface area contributed by atoms with E-state index < -0.39 is 15.9 Å². The van der Waals surface area contributed by atoms with Gasteiger partial charge in [0.15, 0.2) is 5.76 Å². The highest BCUT2D eigenvalue weighted by atomic mass is 35.5. The van der Waals surface area contributed by atoms with Gasteiger partial charge in [-0.15, -0.1) is 0 Å². The summed E-state index contributed by atoms with van der Waals surface area (Å²) in [6.45, 7) is 4.71. The van der Waals surface area contributed by atoms with Crippen molar-refractivity contribution in [1.29, 1.82) is 0 Å². The first-order valence-electron chi connectivity index (χ1n) is 9.15. The molecule has 28 heavy (non-hydrogen) atoms. The van der Waals surface area contributed by atoms with Crippen LogP contribution in [0, 0.1) is 0 Å². The van der Waals surface area contributed by atoms with E-state index >= 15 is 0 Å². The summed E-state index contributed by atoms with van der Waals surface area (Å²) in [7, 11) is -3.72. The van der Waals surface area contributed by atoms with Crippen molar-refractivity contribution in [2.45, 2.75) is 44.3 Å². The second kappa shape index (κ2) is 8.55. The van der Waals surface area contributed by atoms with Crippen molar-refractivity contribution in [2.75, 3.05) is 18.4 Å². The van der Waals surface area contributed by atoms with Crippen molar-refractivity contribution in [2.24, 2.45) is 0 Å². The summed E-state index contributed by atoms with van der Waals surface area (Å²) in [5, 5.41) is 2.78. The van der Waals surface area contributed by atoms with Gasteiger partial charge in [-0.1, -0.05) is 18.0 Å². The lowest BCUT2D eigenvalue weighted by atomic mass is 10.2. The molecule has 1 amide bonds. The predicted molar refractivity (Wildman–Crippen MR) is 106 cm³/mol. The van der Waals surface area contributed by atoms with Gasteiger partial charge in [0.25, 0.3) is 15.9 Å². The number of ether oxygens (including phenoxy) is 1. The average molecular weight is 427 g/mol. The molecular weight excluding hydrogens is 404 g/mol. The molecule has 2 aromatic rings. The summed E-state index contributed by atoms with van der Waals surface area (Å²) in [5.41, 5.74) is 0.447. The molecular formula is C19H23ClN2O5S. The van der Waals surface area contributed by atoms with E-state index in [0.29, 0.717) is 29.5 Å². The molecule has 1 aromatic heterocycles. The Bertz CT molecular complexity index is 949. The number of piperidine rings is 1. The van der Waals surface area contributed by atoms with Crippen molar-refractivity contribution in [3.63, 3.8) is 0 Å². The van der Waals surface area contributed by atoms with Crippen LogP contribution in [-0.4, -0.2) is 37.8 Å². The summed E-state index contributed by atoms with van der Waals surface area (Å²) in [4.78, 5) is 12.4. The third-order valence-electron chi connectivity index (χ3n) is 4.27. The number of halogens is 1. The van der Waals surface area contributed by atoms with E-state index in [2.05, 4.69) is 5.32 Å². The molecule has 1 fully saturated rings. The van der Waals surface area contributed by atoms with Crippen LogP contribution < -0.4 is 10.1 Å².